The molecule has 0 fully saturated rings. The van der Waals surface area contributed by atoms with Gasteiger partial charge in [0.1, 0.15) is 5.82 Å². The average molecular weight is 962 g/mol. The molecule has 1 heterocycles. The van der Waals surface area contributed by atoms with Gasteiger partial charge in [0, 0.05) is 12.1 Å². The fourth-order valence-electron chi connectivity index (χ4n) is 7.04. The van der Waals surface area contributed by atoms with E-state index in [4.69, 9.17) is 4.98 Å². The van der Waals surface area contributed by atoms with Gasteiger partial charge in [0.05, 0.1) is 11.0 Å². The van der Waals surface area contributed by atoms with Gasteiger partial charge < -0.3 is 11.5 Å². The van der Waals surface area contributed by atoms with Crippen LogP contribution in [0.2, 0.25) is 0 Å². The van der Waals surface area contributed by atoms with E-state index in [0.717, 1.165) is 41.0 Å². The normalized spacial score (nSPS) is 10.6. The number of rotatable bonds is 9. The van der Waals surface area contributed by atoms with Crippen LogP contribution in [-0.4, -0.2) is 9.55 Å². The van der Waals surface area contributed by atoms with Gasteiger partial charge in [-0.25, -0.2) is 4.98 Å². The van der Waals surface area contributed by atoms with E-state index in [-0.39, 0.29) is 25.8 Å². The van der Waals surface area contributed by atoms with Crippen LogP contribution in [0.3, 0.4) is 0 Å². The molecule has 0 N–H and O–H groups in total. The molecule has 0 saturated carbocycles. The maximum absolute atomic E-state index is 5.24. The summed E-state index contributed by atoms with van der Waals surface area (Å²) in [6.45, 7) is 34.1. The molecule has 0 bridgehead atoms. The third kappa shape index (κ3) is 17.1. The van der Waals surface area contributed by atoms with Gasteiger partial charge in [-0.15, -0.1) is 36.4 Å². The molecule has 312 valence electrons. The molecule has 3 heteroatoms. The van der Waals surface area contributed by atoms with Crippen molar-refractivity contribution in [2.45, 2.75) is 106 Å². The first-order chi connectivity index (χ1) is 28.4. The number of hydrogen-bond donors (Lipinski definition) is 0. The average Bonchev–Trinajstić information content (AvgIpc) is 3.58. The molecule has 60 heavy (non-hydrogen) atoms. The number of benzene rings is 6. The van der Waals surface area contributed by atoms with Crippen molar-refractivity contribution in [3.63, 3.8) is 0 Å². The molecule has 0 aliphatic heterocycles. The monoisotopic (exact) mass is 963 g/mol. The number of fused-ring (bicyclic) bond motifs is 1. The zero-order chi connectivity index (χ0) is 43.2. The minimum absolute atomic E-state index is 0. The number of hydrogen-bond acceptors (Lipinski definition) is 1. The van der Waals surface area contributed by atoms with Crippen LogP contribution in [0.4, 0.5) is 0 Å². The summed E-state index contributed by atoms with van der Waals surface area (Å²) in [4.78, 5) is 5.24. The Kier molecular flexibility index (Phi) is 23.9. The first-order valence-corrected chi connectivity index (χ1v) is 21.4. The Labute approximate surface area is 384 Å². The molecule has 0 aliphatic rings. The molecular formula is C57H70HfN2. The van der Waals surface area contributed by atoms with E-state index >= 15 is 0 Å². The molecule has 0 spiro atoms. The maximum Gasteiger partial charge on any atom is 4.00 e. The van der Waals surface area contributed by atoms with Crippen molar-refractivity contribution < 1.29 is 25.8 Å². The van der Waals surface area contributed by atoms with Crippen LogP contribution in [0.5, 0.6) is 0 Å². The van der Waals surface area contributed by atoms with Crippen molar-refractivity contribution >= 4 is 11.0 Å². The topological polar surface area (TPSA) is 17.8 Å². The van der Waals surface area contributed by atoms with Gasteiger partial charge in [-0.05, 0) is 79.8 Å². The zero-order valence-corrected chi connectivity index (χ0v) is 41.6. The zero-order valence-electron chi connectivity index (χ0n) is 38.0. The molecule has 0 saturated heterocycles. The van der Waals surface area contributed by atoms with E-state index < -0.39 is 0 Å². The van der Waals surface area contributed by atoms with E-state index in [1.807, 2.05) is 91.0 Å². The minimum Gasteiger partial charge on any atom is -0.343 e. The van der Waals surface area contributed by atoms with E-state index in [2.05, 4.69) is 142 Å². The summed E-state index contributed by atoms with van der Waals surface area (Å²) in [7, 11) is 0. The Balaban J connectivity index is 0.000000312. The summed E-state index contributed by atoms with van der Waals surface area (Å²) in [5.74, 6) is 2.20. The molecule has 7 rings (SSSR count). The maximum atomic E-state index is 5.24. The molecule has 1 unspecified atom stereocenters. The fraction of sp³-hybridized carbons (Fsp3) is 0.281. The third-order valence-corrected chi connectivity index (χ3v) is 10.2. The van der Waals surface area contributed by atoms with Crippen LogP contribution in [0.1, 0.15) is 122 Å². The first kappa shape index (κ1) is 51.4. The fourth-order valence-corrected chi connectivity index (χ4v) is 7.04. The Morgan fingerprint density at radius 3 is 1.42 bits per heavy atom. The molecule has 6 aromatic carbocycles. The second-order valence-corrected chi connectivity index (χ2v) is 15.8. The Bertz CT molecular complexity index is 2090. The van der Waals surface area contributed by atoms with Crippen molar-refractivity contribution in [3.05, 3.63) is 223 Å². The largest absolute Gasteiger partial charge is 4.00 e. The summed E-state index contributed by atoms with van der Waals surface area (Å²) in [5, 5.41) is 0. The summed E-state index contributed by atoms with van der Waals surface area (Å²) >= 11 is 0. The molecular weight excluding hydrogens is 891 g/mol. The molecule has 1 atom stereocenters. The number of para-hydroxylation sites is 1. The molecule has 1 aromatic heterocycles. The van der Waals surface area contributed by atoms with Crippen LogP contribution in [0.15, 0.2) is 146 Å². The van der Waals surface area contributed by atoms with E-state index in [9.17, 15) is 0 Å². The molecule has 0 radical (unpaired) electrons. The van der Waals surface area contributed by atoms with Gasteiger partial charge in [-0.2, -0.15) is 80.3 Å². The van der Waals surface area contributed by atoms with Crippen molar-refractivity contribution in [1.82, 2.24) is 9.55 Å². The predicted molar refractivity (Wildman–Crippen MR) is 260 cm³/mol. The number of imidazole rings is 1. The van der Waals surface area contributed by atoms with Gasteiger partial charge in [0.25, 0.3) is 0 Å². The smallest absolute Gasteiger partial charge is 0.343 e. The third-order valence-electron chi connectivity index (χ3n) is 10.2. The number of aromatic nitrogens is 2. The van der Waals surface area contributed by atoms with Gasteiger partial charge in [-0.1, -0.05) is 119 Å². The summed E-state index contributed by atoms with van der Waals surface area (Å²) in [5.41, 5.74) is 15.1. The van der Waals surface area contributed by atoms with Crippen LogP contribution in [0.25, 0.3) is 22.4 Å². The van der Waals surface area contributed by atoms with Crippen LogP contribution in [0, 0.1) is 55.4 Å². The van der Waals surface area contributed by atoms with E-state index in [1.165, 1.54) is 70.1 Å². The summed E-state index contributed by atoms with van der Waals surface area (Å²) in [6.07, 6.45) is 5.93. The van der Waals surface area contributed by atoms with Crippen molar-refractivity contribution in [1.29, 1.82) is 0 Å². The quantitative estimate of drug-likeness (QED) is 0.0801. The Morgan fingerprint density at radius 1 is 0.550 bits per heavy atom. The van der Waals surface area contributed by atoms with Gasteiger partial charge >= 0.3 is 25.8 Å². The van der Waals surface area contributed by atoms with E-state index in [0.29, 0.717) is 11.8 Å². The molecule has 0 aliphatic carbocycles. The van der Waals surface area contributed by atoms with Crippen LogP contribution >= 0.6 is 0 Å². The molecule has 2 nitrogen and oxygen atoms in total. The van der Waals surface area contributed by atoms with Crippen LogP contribution < -0.4 is 0 Å². The first-order valence-electron chi connectivity index (χ1n) is 21.4. The molecule has 0 amide bonds. The van der Waals surface area contributed by atoms with Crippen LogP contribution in [-0.2, 0) is 32.4 Å². The summed E-state index contributed by atoms with van der Waals surface area (Å²) < 4.78 is 2.47. The Morgan fingerprint density at radius 2 is 1.02 bits per heavy atom. The molecule has 7 aromatic rings. The number of unbranched alkanes of at least 4 members (excludes halogenated alkanes) is 3. The van der Waals surface area contributed by atoms with Crippen molar-refractivity contribution in [3.8, 4) is 11.4 Å². The van der Waals surface area contributed by atoms with Gasteiger partial charge in [0.2, 0.25) is 0 Å². The standard InChI is InChI=1S/C26H35N2.C10H14.3C7H7.Hf/c1-7-9-10-11-15-28-23-14-12-13-22(19(4)8-2)25(23)27-26(28)24-20(5)16-18(3)17-21(24)6;1-8(2)10-7-5-4-6-9(10)3;3*1-7-5-3-2-4-6-7;/h12-14,16-17,19H,2,7-11,15H2,1,3-6H3;4-8H,1-3H3;3*2-6H,1H2;/q-1;;3*-1;+4. The second kappa shape index (κ2) is 27.9. The minimum atomic E-state index is 0. The number of nitrogens with zero attached hydrogens (tertiary/aromatic N) is 2. The van der Waals surface area contributed by atoms with Crippen molar-refractivity contribution in [2.24, 2.45) is 0 Å². The predicted octanol–water partition coefficient (Wildman–Crippen LogP) is 16.3. The SMILES string of the molecule is Cc1ccccc1C(C)C.[CH2-]CC(C)c1cccc2c1nc(-c1c(C)cc(C)cc1C)n2CCCCCC.[CH2-]c1ccccc1.[CH2-]c1ccccc1.[CH2-]c1ccccc1.[Hf+4]. The van der Waals surface area contributed by atoms with Gasteiger partial charge in [-0.3, -0.25) is 0 Å². The number of aryl methyl sites for hydroxylation is 5. The Hall–Kier alpha value is -4.73. The van der Waals surface area contributed by atoms with Crippen molar-refractivity contribution in [2.75, 3.05) is 0 Å². The van der Waals surface area contributed by atoms with Gasteiger partial charge in [0.15, 0.2) is 0 Å². The van der Waals surface area contributed by atoms with E-state index in [1.54, 1.807) is 0 Å². The second-order valence-electron chi connectivity index (χ2n) is 15.8. The summed E-state index contributed by atoms with van der Waals surface area (Å²) in [6, 6.07) is 49.4.